The lowest BCUT2D eigenvalue weighted by Crippen LogP contribution is -2.30. The van der Waals surface area contributed by atoms with Gasteiger partial charge in [-0.3, -0.25) is 14.5 Å². The molecule has 9 nitrogen and oxygen atoms in total. The first-order chi connectivity index (χ1) is 16.9. The maximum Gasteiger partial charge on any atom is 0.301 e. The molecule has 35 heavy (non-hydrogen) atoms. The van der Waals surface area contributed by atoms with Crippen molar-refractivity contribution < 1.29 is 33.4 Å². The molecule has 1 amide bonds. The Morgan fingerprint density at radius 1 is 1.17 bits per heavy atom. The Bertz CT molecular complexity index is 1310. The first-order valence-corrected chi connectivity index (χ1v) is 10.7. The highest BCUT2D eigenvalue weighted by Gasteiger charge is 2.49. The smallest absolute Gasteiger partial charge is 0.301 e. The van der Waals surface area contributed by atoms with Crippen LogP contribution in [0.3, 0.4) is 0 Å². The largest absolute Gasteiger partial charge is 0.507 e. The Labute approximate surface area is 201 Å². The molecule has 0 spiro atoms. The van der Waals surface area contributed by atoms with Crippen molar-refractivity contribution in [1.82, 2.24) is 5.16 Å². The molecule has 1 saturated heterocycles. The molecule has 1 fully saturated rings. The first-order valence-electron chi connectivity index (χ1n) is 10.7. The topological polar surface area (TPSA) is 111 Å². The summed E-state index contributed by atoms with van der Waals surface area (Å²) in [6.07, 6.45) is 1.61. The lowest BCUT2D eigenvalue weighted by atomic mass is 9.94. The van der Waals surface area contributed by atoms with E-state index in [1.54, 1.807) is 55.5 Å². The average molecular weight is 476 g/mol. The van der Waals surface area contributed by atoms with Gasteiger partial charge in [-0.1, -0.05) is 29.9 Å². The number of benzene rings is 2. The standard InChI is InChI=1S/C26H24N2O7/c1-5-13-34-17-11-9-16(10-12-17)23(29)21-22(18-7-6-8-19(32-3)25(18)33-4)28(26(31)24(21)30)20-14-15(2)35-27-20/h5-12,14,22,29H,1,13H2,2-4H3. The van der Waals surface area contributed by atoms with Crippen LogP contribution in [-0.4, -0.2) is 42.8 Å². The van der Waals surface area contributed by atoms with Crippen LogP contribution in [-0.2, 0) is 9.59 Å². The number of aryl methyl sites for hydroxylation is 1. The highest BCUT2D eigenvalue weighted by Crippen LogP contribution is 2.47. The number of aliphatic hydroxyl groups is 1. The van der Waals surface area contributed by atoms with Gasteiger partial charge in [0.05, 0.1) is 19.8 Å². The molecule has 3 aromatic rings. The van der Waals surface area contributed by atoms with Gasteiger partial charge in [-0.15, -0.1) is 0 Å². The van der Waals surface area contributed by atoms with Gasteiger partial charge >= 0.3 is 5.91 Å². The molecule has 1 N–H and O–H groups in total. The van der Waals surface area contributed by atoms with Crippen molar-refractivity contribution in [2.75, 3.05) is 25.7 Å². The van der Waals surface area contributed by atoms with E-state index in [0.29, 0.717) is 40.7 Å². The fraction of sp³-hybridized carbons (Fsp3) is 0.192. The van der Waals surface area contributed by atoms with Crippen LogP contribution in [0.4, 0.5) is 5.82 Å². The molecule has 0 radical (unpaired) electrons. The van der Waals surface area contributed by atoms with Crippen molar-refractivity contribution in [3.8, 4) is 17.2 Å². The summed E-state index contributed by atoms with van der Waals surface area (Å²) in [7, 11) is 2.94. The number of ether oxygens (including phenoxy) is 3. The van der Waals surface area contributed by atoms with Gasteiger partial charge < -0.3 is 23.8 Å². The van der Waals surface area contributed by atoms with E-state index >= 15 is 0 Å². The minimum atomic E-state index is -1.05. The fourth-order valence-corrected chi connectivity index (χ4v) is 3.98. The zero-order chi connectivity index (χ0) is 25.1. The highest BCUT2D eigenvalue weighted by molar-refractivity contribution is 6.51. The number of ketones is 1. The lowest BCUT2D eigenvalue weighted by Gasteiger charge is -2.25. The number of hydrogen-bond acceptors (Lipinski definition) is 8. The van der Waals surface area contributed by atoms with Gasteiger partial charge in [0, 0.05) is 17.2 Å². The summed E-state index contributed by atoms with van der Waals surface area (Å²) in [6.45, 7) is 5.60. The molecule has 1 aromatic heterocycles. The minimum absolute atomic E-state index is 0.123. The van der Waals surface area contributed by atoms with E-state index in [1.807, 2.05) is 0 Å². The second-order valence-corrected chi connectivity index (χ2v) is 7.67. The summed E-state index contributed by atoms with van der Waals surface area (Å²) >= 11 is 0. The molecule has 0 aliphatic carbocycles. The molecule has 0 saturated carbocycles. The first kappa shape index (κ1) is 23.6. The van der Waals surface area contributed by atoms with Crippen molar-refractivity contribution in [2.45, 2.75) is 13.0 Å². The van der Waals surface area contributed by atoms with Crippen LogP contribution in [0.2, 0.25) is 0 Å². The predicted octanol–water partition coefficient (Wildman–Crippen LogP) is 4.19. The van der Waals surface area contributed by atoms with Crippen LogP contribution in [0.15, 0.2) is 71.3 Å². The van der Waals surface area contributed by atoms with Crippen LogP contribution in [0.5, 0.6) is 17.2 Å². The Balaban J connectivity index is 1.92. The molecular weight excluding hydrogens is 452 g/mol. The number of carbonyl (C=O) groups is 2. The van der Waals surface area contributed by atoms with Crippen LogP contribution < -0.4 is 19.1 Å². The quantitative estimate of drug-likeness (QED) is 0.223. The van der Waals surface area contributed by atoms with E-state index in [1.165, 1.54) is 25.2 Å². The maximum atomic E-state index is 13.3. The van der Waals surface area contributed by atoms with E-state index in [2.05, 4.69) is 11.7 Å². The molecule has 9 heteroatoms. The fourth-order valence-electron chi connectivity index (χ4n) is 3.98. The summed E-state index contributed by atoms with van der Waals surface area (Å²) in [4.78, 5) is 27.7. The van der Waals surface area contributed by atoms with Crippen LogP contribution >= 0.6 is 0 Å². The number of aliphatic hydroxyl groups excluding tert-OH is 1. The van der Waals surface area contributed by atoms with Gasteiger partial charge in [0.25, 0.3) is 5.78 Å². The summed E-state index contributed by atoms with van der Waals surface area (Å²) < 4.78 is 21.6. The molecule has 0 bridgehead atoms. The Hall–Kier alpha value is -4.53. The number of rotatable bonds is 8. The number of nitrogens with zero attached hydrogens (tertiary/aromatic N) is 2. The predicted molar refractivity (Wildman–Crippen MR) is 128 cm³/mol. The maximum absolute atomic E-state index is 13.3. The highest BCUT2D eigenvalue weighted by atomic mass is 16.5. The number of carbonyl (C=O) groups excluding carboxylic acids is 2. The normalized spacial score (nSPS) is 16.9. The molecule has 2 aromatic carbocycles. The molecule has 1 aliphatic rings. The lowest BCUT2D eigenvalue weighted by molar-refractivity contribution is -0.132. The molecule has 180 valence electrons. The van der Waals surface area contributed by atoms with E-state index in [9.17, 15) is 14.7 Å². The number of Topliss-reactive ketones (excluding diaryl/α,β-unsaturated/α-hetero) is 1. The van der Waals surface area contributed by atoms with E-state index in [4.69, 9.17) is 18.7 Å². The molecule has 2 heterocycles. The minimum Gasteiger partial charge on any atom is -0.507 e. The summed E-state index contributed by atoms with van der Waals surface area (Å²) in [5.74, 6) is -0.227. The van der Waals surface area contributed by atoms with Gasteiger partial charge in [-0.25, -0.2) is 0 Å². The summed E-state index contributed by atoms with van der Waals surface area (Å²) in [5.41, 5.74) is 0.637. The number of para-hydroxylation sites is 1. The average Bonchev–Trinajstić information content (AvgIpc) is 3.42. The van der Waals surface area contributed by atoms with E-state index in [0.717, 1.165) is 0 Å². The van der Waals surface area contributed by atoms with Gasteiger partial charge in [-0.05, 0) is 37.3 Å². The van der Waals surface area contributed by atoms with Crippen molar-refractivity contribution in [3.63, 3.8) is 0 Å². The number of aromatic nitrogens is 1. The summed E-state index contributed by atoms with van der Waals surface area (Å²) in [6, 6.07) is 12.1. The third-order valence-electron chi connectivity index (χ3n) is 5.53. The zero-order valence-corrected chi connectivity index (χ0v) is 19.5. The third-order valence-corrected chi connectivity index (χ3v) is 5.53. The monoisotopic (exact) mass is 476 g/mol. The molecular formula is C26H24N2O7. The van der Waals surface area contributed by atoms with Crippen molar-refractivity contribution in [3.05, 3.63) is 83.6 Å². The Kier molecular flexibility index (Phi) is 6.59. The molecule has 1 unspecified atom stereocenters. The van der Waals surface area contributed by atoms with Crippen molar-refractivity contribution in [2.24, 2.45) is 0 Å². The van der Waals surface area contributed by atoms with Crippen molar-refractivity contribution in [1.29, 1.82) is 0 Å². The van der Waals surface area contributed by atoms with Gasteiger partial charge in [0.1, 0.15) is 29.9 Å². The number of hydrogen-bond donors (Lipinski definition) is 1. The van der Waals surface area contributed by atoms with Gasteiger partial charge in [0.2, 0.25) is 0 Å². The molecule has 1 atom stereocenters. The molecule has 1 aliphatic heterocycles. The Morgan fingerprint density at radius 3 is 2.51 bits per heavy atom. The number of methoxy groups -OCH3 is 2. The Morgan fingerprint density at radius 2 is 1.91 bits per heavy atom. The third kappa shape index (κ3) is 4.23. The second kappa shape index (κ2) is 9.76. The van der Waals surface area contributed by atoms with E-state index < -0.39 is 17.7 Å². The van der Waals surface area contributed by atoms with Crippen LogP contribution in [0.1, 0.15) is 22.9 Å². The SMILES string of the molecule is C=CCOc1ccc(C(O)=C2C(=O)C(=O)N(c3cc(C)on3)C2c2cccc(OC)c2OC)cc1. The second-order valence-electron chi connectivity index (χ2n) is 7.67. The van der Waals surface area contributed by atoms with Crippen molar-refractivity contribution >= 4 is 23.3 Å². The van der Waals surface area contributed by atoms with Gasteiger partial charge in [0.15, 0.2) is 17.3 Å². The number of anilines is 1. The van der Waals surface area contributed by atoms with Crippen LogP contribution in [0.25, 0.3) is 5.76 Å². The van der Waals surface area contributed by atoms with Gasteiger partial charge in [-0.2, -0.15) is 0 Å². The van der Waals surface area contributed by atoms with Crippen LogP contribution in [0, 0.1) is 6.92 Å². The van der Waals surface area contributed by atoms with E-state index in [-0.39, 0.29) is 17.2 Å². The summed E-state index contributed by atoms with van der Waals surface area (Å²) in [5, 5.41) is 15.2. The zero-order valence-electron chi connectivity index (χ0n) is 19.5. The molecule has 4 rings (SSSR count). The number of amides is 1.